The van der Waals surface area contributed by atoms with Gasteiger partial charge in [0.2, 0.25) is 0 Å². The van der Waals surface area contributed by atoms with Crippen LogP contribution in [0.3, 0.4) is 0 Å². The molecule has 1 amide bonds. The first kappa shape index (κ1) is 15.1. The molecule has 1 aliphatic rings. The Balaban J connectivity index is 1.91. The van der Waals surface area contributed by atoms with Crippen molar-refractivity contribution in [2.75, 3.05) is 6.61 Å². The number of nitrogens with one attached hydrogen (secondary N) is 1. The van der Waals surface area contributed by atoms with Crippen molar-refractivity contribution in [3.05, 3.63) is 28.8 Å². The maximum atomic E-state index is 11.8. The van der Waals surface area contributed by atoms with Gasteiger partial charge in [0.25, 0.3) is 5.91 Å². The van der Waals surface area contributed by atoms with E-state index >= 15 is 0 Å². The second kappa shape index (κ2) is 6.95. The number of nitrogens with two attached hydrogens (primary N) is 1. The molecule has 0 spiro atoms. The SMILES string of the molecule is C[C@H](N)c1cc(Cl)ccc1OCC(=O)NC1CCCC1. The molecule has 1 atom stereocenters. The van der Waals surface area contributed by atoms with E-state index in [9.17, 15) is 4.79 Å². The third kappa shape index (κ3) is 4.12. The minimum absolute atomic E-state index is 0.0118. The molecule has 1 aromatic carbocycles. The average Bonchev–Trinajstić information content (AvgIpc) is 2.90. The summed E-state index contributed by atoms with van der Waals surface area (Å²) in [5.74, 6) is 0.536. The third-order valence-electron chi connectivity index (χ3n) is 3.54. The van der Waals surface area contributed by atoms with Crippen LogP contribution in [-0.2, 0) is 4.79 Å². The number of amides is 1. The molecule has 5 heteroatoms. The Bertz CT molecular complexity index is 471. The highest BCUT2D eigenvalue weighted by Gasteiger charge is 2.17. The molecule has 0 aromatic heterocycles. The van der Waals surface area contributed by atoms with Crippen LogP contribution in [0.2, 0.25) is 5.02 Å². The van der Waals surface area contributed by atoms with Crippen LogP contribution in [-0.4, -0.2) is 18.6 Å². The van der Waals surface area contributed by atoms with Gasteiger partial charge >= 0.3 is 0 Å². The van der Waals surface area contributed by atoms with E-state index in [2.05, 4.69) is 5.32 Å². The van der Waals surface area contributed by atoms with Gasteiger partial charge in [-0.15, -0.1) is 0 Å². The van der Waals surface area contributed by atoms with Crippen molar-refractivity contribution in [1.82, 2.24) is 5.32 Å². The predicted molar refractivity (Wildman–Crippen MR) is 79.9 cm³/mol. The standard InChI is InChI=1S/C15H21ClN2O2/c1-10(17)13-8-11(16)6-7-14(13)20-9-15(19)18-12-4-2-3-5-12/h6-8,10,12H,2-5,9,17H2,1H3,(H,18,19)/t10-/m0/s1. The predicted octanol–water partition coefficient (Wildman–Crippen LogP) is 2.80. The Morgan fingerprint density at radius 3 is 2.85 bits per heavy atom. The van der Waals surface area contributed by atoms with Crippen LogP contribution in [0.15, 0.2) is 18.2 Å². The number of hydrogen-bond acceptors (Lipinski definition) is 3. The van der Waals surface area contributed by atoms with Crippen LogP contribution in [0.4, 0.5) is 0 Å². The van der Waals surface area contributed by atoms with E-state index < -0.39 is 0 Å². The number of benzene rings is 1. The van der Waals surface area contributed by atoms with Crippen LogP contribution in [0.5, 0.6) is 5.75 Å². The fraction of sp³-hybridized carbons (Fsp3) is 0.533. The van der Waals surface area contributed by atoms with Crippen LogP contribution in [0.25, 0.3) is 0 Å². The highest BCUT2D eigenvalue weighted by molar-refractivity contribution is 6.30. The minimum Gasteiger partial charge on any atom is -0.483 e. The van der Waals surface area contributed by atoms with Gasteiger partial charge in [0.15, 0.2) is 6.61 Å². The van der Waals surface area contributed by atoms with E-state index in [0.29, 0.717) is 16.8 Å². The van der Waals surface area contributed by atoms with Crippen molar-refractivity contribution in [2.45, 2.75) is 44.7 Å². The smallest absolute Gasteiger partial charge is 0.258 e. The molecule has 0 radical (unpaired) electrons. The maximum absolute atomic E-state index is 11.8. The molecule has 1 fully saturated rings. The van der Waals surface area contributed by atoms with Crippen molar-refractivity contribution >= 4 is 17.5 Å². The van der Waals surface area contributed by atoms with Crippen LogP contribution in [0, 0.1) is 0 Å². The Hall–Kier alpha value is -1.26. The van der Waals surface area contributed by atoms with Crippen molar-refractivity contribution in [3.8, 4) is 5.75 Å². The summed E-state index contributed by atoms with van der Waals surface area (Å²) >= 11 is 5.95. The first-order valence-corrected chi connectivity index (χ1v) is 7.41. The Labute approximate surface area is 124 Å². The molecule has 0 heterocycles. The molecule has 4 nitrogen and oxygen atoms in total. The van der Waals surface area contributed by atoms with Crippen LogP contribution < -0.4 is 15.8 Å². The highest BCUT2D eigenvalue weighted by Crippen LogP contribution is 2.27. The van der Waals surface area contributed by atoms with Gasteiger partial charge in [-0.2, -0.15) is 0 Å². The Morgan fingerprint density at radius 2 is 2.20 bits per heavy atom. The fourth-order valence-electron chi connectivity index (χ4n) is 2.49. The molecule has 20 heavy (non-hydrogen) atoms. The monoisotopic (exact) mass is 296 g/mol. The zero-order valence-corrected chi connectivity index (χ0v) is 12.5. The highest BCUT2D eigenvalue weighted by atomic mass is 35.5. The Morgan fingerprint density at radius 1 is 1.50 bits per heavy atom. The molecule has 0 unspecified atom stereocenters. The topological polar surface area (TPSA) is 64.3 Å². The number of rotatable bonds is 5. The first-order chi connectivity index (χ1) is 9.56. The molecule has 1 aliphatic carbocycles. The lowest BCUT2D eigenvalue weighted by molar-refractivity contribution is -0.123. The second-order valence-electron chi connectivity index (χ2n) is 5.31. The molecule has 2 rings (SSSR count). The van der Waals surface area contributed by atoms with Crippen molar-refractivity contribution in [1.29, 1.82) is 0 Å². The largest absolute Gasteiger partial charge is 0.483 e. The number of carbonyl (C=O) groups excluding carboxylic acids is 1. The normalized spacial score (nSPS) is 16.9. The van der Waals surface area contributed by atoms with E-state index in [1.54, 1.807) is 18.2 Å². The number of carbonyl (C=O) groups is 1. The molecule has 1 saturated carbocycles. The van der Waals surface area contributed by atoms with Gasteiger partial charge in [-0.3, -0.25) is 4.79 Å². The third-order valence-corrected chi connectivity index (χ3v) is 3.78. The van der Waals surface area contributed by atoms with Gasteiger partial charge in [-0.05, 0) is 38.0 Å². The van der Waals surface area contributed by atoms with E-state index in [4.69, 9.17) is 22.1 Å². The van der Waals surface area contributed by atoms with Crippen molar-refractivity contribution < 1.29 is 9.53 Å². The molecule has 3 N–H and O–H groups in total. The van der Waals surface area contributed by atoms with Gasteiger partial charge in [0.05, 0.1) is 0 Å². The lowest BCUT2D eigenvalue weighted by atomic mass is 10.1. The molecule has 0 aliphatic heterocycles. The summed E-state index contributed by atoms with van der Waals surface area (Å²) in [5, 5.41) is 3.60. The minimum atomic E-state index is -0.193. The quantitative estimate of drug-likeness (QED) is 0.878. The maximum Gasteiger partial charge on any atom is 0.258 e. The molecule has 1 aromatic rings. The molecule has 0 bridgehead atoms. The molecule has 0 saturated heterocycles. The van der Waals surface area contributed by atoms with Gasteiger partial charge in [-0.25, -0.2) is 0 Å². The van der Waals surface area contributed by atoms with Crippen molar-refractivity contribution in [2.24, 2.45) is 5.73 Å². The fourth-order valence-corrected chi connectivity index (χ4v) is 2.67. The van der Waals surface area contributed by atoms with E-state index in [1.807, 2.05) is 6.92 Å². The number of halogens is 1. The van der Waals surface area contributed by atoms with Crippen molar-refractivity contribution in [3.63, 3.8) is 0 Å². The summed E-state index contributed by atoms with van der Waals surface area (Å²) in [6.45, 7) is 1.87. The average molecular weight is 297 g/mol. The lowest BCUT2D eigenvalue weighted by Crippen LogP contribution is -2.36. The zero-order chi connectivity index (χ0) is 14.5. The van der Waals surface area contributed by atoms with Gasteiger partial charge < -0.3 is 15.8 Å². The number of hydrogen-bond donors (Lipinski definition) is 2. The first-order valence-electron chi connectivity index (χ1n) is 7.03. The van der Waals surface area contributed by atoms with E-state index in [0.717, 1.165) is 18.4 Å². The summed E-state index contributed by atoms with van der Waals surface area (Å²) in [4.78, 5) is 11.8. The Kier molecular flexibility index (Phi) is 5.26. The molecule has 110 valence electrons. The van der Waals surface area contributed by atoms with E-state index in [1.165, 1.54) is 12.8 Å². The van der Waals surface area contributed by atoms with Gasteiger partial charge in [0, 0.05) is 22.7 Å². The van der Waals surface area contributed by atoms with Crippen LogP contribution >= 0.6 is 11.6 Å². The summed E-state index contributed by atoms with van der Waals surface area (Å²) in [6.07, 6.45) is 4.52. The second-order valence-corrected chi connectivity index (χ2v) is 5.74. The molecular weight excluding hydrogens is 276 g/mol. The summed E-state index contributed by atoms with van der Waals surface area (Å²) < 4.78 is 5.57. The number of ether oxygens (including phenoxy) is 1. The summed E-state index contributed by atoms with van der Waals surface area (Å²) in [6, 6.07) is 5.38. The van der Waals surface area contributed by atoms with Gasteiger partial charge in [-0.1, -0.05) is 24.4 Å². The van der Waals surface area contributed by atoms with Gasteiger partial charge in [0.1, 0.15) is 5.75 Å². The zero-order valence-electron chi connectivity index (χ0n) is 11.7. The van der Waals surface area contributed by atoms with E-state index in [-0.39, 0.29) is 18.6 Å². The summed E-state index contributed by atoms with van der Waals surface area (Å²) in [7, 11) is 0. The van der Waals surface area contributed by atoms with Crippen LogP contribution in [0.1, 0.15) is 44.2 Å². The lowest BCUT2D eigenvalue weighted by Gasteiger charge is -2.16. The molecular formula is C15H21ClN2O2. The summed E-state index contributed by atoms with van der Waals surface area (Å²) in [5.41, 5.74) is 6.69.